The Labute approximate surface area is 92.3 Å². The number of hydrogen-bond acceptors (Lipinski definition) is 5. The zero-order chi connectivity index (χ0) is 11.1. The third-order valence-corrected chi connectivity index (χ3v) is 3.06. The Morgan fingerprint density at radius 1 is 1.60 bits per heavy atom. The van der Waals surface area contributed by atoms with E-state index in [1.54, 1.807) is 13.8 Å². The molecule has 0 saturated heterocycles. The number of amides is 1. The normalized spacial score (nSPS) is 16.4. The largest absolute Gasteiger partial charge is 0.368 e. The molecule has 0 bridgehead atoms. The summed E-state index contributed by atoms with van der Waals surface area (Å²) in [5, 5.41) is 3.66. The summed E-state index contributed by atoms with van der Waals surface area (Å²) in [6.45, 7) is 3.46. The van der Waals surface area contributed by atoms with Crippen molar-refractivity contribution in [1.29, 1.82) is 0 Å². The Kier molecular flexibility index (Phi) is 2.38. The highest BCUT2D eigenvalue weighted by Gasteiger charge is 2.30. The van der Waals surface area contributed by atoms with Crippen molar-refractivity contribution in [3.05, 3.63) is 5.82 Å². The van der Waals surface area contributed by atoms with E-state index in [9.17, 15) is 4.79 Å². The Balaban J connectivity index is 2.06. The molecule has 3 N–H and O–H groups in total. The molecular formula is C9H14N4OS. The molecule has 1 heterocycles. The van der Waals surface area contributed by atoms with Crippen LogP contribution in [0.5, 0.6) is 0 Å². The molecule has 2 rings (SSSR count). The Hall–Kier alpha value is -1.17. The number of nitrogens with zero attached hydrogens (tertiary/aromatic N) is 2. The zero-order valence-electron chi connectivity index (χ0n) is 8.78. The van der Waals surface area contributed by atoms with Crippen molar-refractivity contribution in [1.82, 2.24) is 9.36 Å². The average molecular weight is 226 g/mol. The Morgan fingerprint density at radius 3 is 2.80 bits per heavy atom. The molecule has 1 aromatic heterocycles. The lowest BCUT2D eigenvalue weighted by atomic mass is 10.1. The first kappa shape index (κ1) is 10.4. The van der Waals surface area contributed by atoms with Crippen molar-refractivity contribution in [2.24, 2.45) is 5.73 Å². The van der Waals surface area contributed by atoms with Crippen LogP contribution in [-0.2, 0) is 4.79 Å². The molecule has 1 saturated carbocycles. The summed E-state index contributed by atoms with van der Waals surface area (Å²) in [6, 6.07) is 0. The van der Waals surface area contributed by atoms with E-state index in [-0.39, 0.29) is 0 Å². The smallest absolute Gasteiger partial charge is 0.242 e. The zero-order valence-corrected chi connectivity index (χ0v) is 9.60. The number of anilines is 1. The van der Waals surface area contributed by atoms with E-state index in [4.69, 9.17) is 5.73 Å². The van der Waals surface area contributed by atoms with Crippen LogP contribution >= 0.6 is 11.5 Å². The monoisotopic (exact) mass is 226 g/mol. The molecule has 5 nitrogen and oxygen atoms in total. The van der Waals surface area contributed by atoms with Gasteiger partial charge in [0.2, 0.25) is 11.0 Å². The van der Waals surface area contributed by atoms with Gasteiger partial charge in [0.25, 0.3) is 0 Å². The number of carbonyl (C=O) groups excluding carboxylic acids is 1. The number of primary amides is 1. The third kappa shape index (κ3) is 2.26. The fourth-order valence-electron chi connectivity index (χ4n) is 1.12. The van der Waals surface area contributed by atoms with Gasteiger partial charge in [0.05, 0.1) is 0 Å². The van der Waals surface area contributed by atoms with E-state index in [0.29, 0.717) is 11.0 Å². The van der Waals surface area contributed by atoms with Crippen LogP contribution in [0.3, 0.4) is 0 Å². The van der Waals surface area contributed by atoms with Gasteiger partial charge in [-0.25, -0.2) is 4.98 Å². The van der Waals surface area contributed by atoms with Gasteiger partial charge in [0, 0.05) is 17.5 Å². The van der Waals surface area contributed by atoms with E-state index in [1.807, 2.05) is 0 Å². The molecule has 1 amide bonds. The lowest BCUT2D eigenvalue weighted by Crippen LogP contribution is -2.44. The lowest BCUT2D eigenvalue weighted by molar-refractivity contribution is -0.121. The van der Waals surface area contributed by atoms with Crippen LogP contribution in [0.2, 0.25) is 0 Å². The SMILES string of the molecule is CC(C)(Nc1nc(C2CC2)ns1)C(N)=O. The summed E-state index contributed by atoms with van der Waals surface area (Å²) in [5.41, 5.74) is 4.47. The summed E-state index contributed by atoms with van der Waals surface area (Å²) < 4.78 is 4.24. The summed E-state index contributed by atoms with van der Waals surface area (Å²) >= 11 is 1.28. The fraction of sp³-hybridized carbons (Fsp3) is 0.667. The summed E-state index contributed by atoms with van der Waals surface area (Å²) in [6.07, 6.45) is 2.35. The molecule has 0 spiro atoms. The Bertz CT molecular complexity index is 383. The van der Waals surface area contributed by atoms with Crippen molar-refractivity contribution >= 4 is 22.6 Å². The van der Waals surface area contributed by atoms with E-state index < -0.39 is 11.4 Å². The lowest BCUT2D eigenvalue weighted by Gasteiger charge is -2.20. The summed E-state index contributed by atoms with van der Waals surface area (Å²) in [4.78, 5) is 15.4. The molecular weight excluding hydrogens is 212 g/mol. The molecule has 6 heteroatoms. The van der Waals surface area contributed by atoms with Crippen LogP contribution < -0.4 is 11.1 Å². The highest BCUT2D eigenvalue weighted by atomic mass is 32.1. The molecule has 1 aliphatic carbocycles. The summed E-state index contributed by atoms with van der Waals surface area (Å²) in [5.74, 6) is 1.03. The molecule has 0 atom stereocenters. The molecule has 1 fully saturated rings. The third-order valence-electron chi connectivity index (χ3n) is 2.42. The number of hydrogen-bond donors (Lipinski definition) is 2. The minimum atomic E-state index is -0.777. The van der Waals surface area contributed by atoms with Crippen molar-refractivity contribution in [3.63, 3.8) is 0 Å². The first-order valence-corrected chi connectivity index (χ1v) is 5.68. The second-order valence-corrected chi connectivity index (χ2v) is 5.10. The summed E-state index contributed by atoms with van der Waals surface area (Å²) in [7, 11) is 0. The van der Waals surface area contributed by atoms with E-state index in [1.165, 1.54) is 24.4 Å². The number of aromatic nitrogens is 2. The van der Waals surface area contributed by atoms with Crippen LogP contribution in [0.1, 0.15) is 38.4 Å². The molecule has 0 aromatic carbocycles. The fourth-order valence-corrected chi connectivity index (χ4v) is 1.93. The van der Waals surface area contributed by atoms with Crippen LogP contribution in [0.15, 0.2) is 0 Å². The van der Waals surface area contributed by atoms with Crippen molar-refractivity contribution in [2.75, 3.05) is 5.32 Å². The van der Waals surface area contributed by atoms with E-state index in [0.717, 1.165) is 5.82 Å². The van der Waals surface area contributed by atoms with Gasteiger partial charge in [-0.2, -0.15) is 4.37 Å². The van der Waals surface area contributed by atoms with Gasteiger partial charge in [0.15, 0.2) is 0 Å². The topological polar surface area (TPSA) is 80.9 Å². The highest BCUT2D eigenvalue weighted by Crippen LogP contribution is 2.39. The van der Waals surface area contributed by atoms with Crippen molar-refractivity contribution < 1.29 is 4.79 Å². The van der Waals surface area contributed by atoms with Crippen LogP contribution in [0.4, 0.5) is 5.13 Å². The van der Waals surface area contributed by atoms with Crippen LogP contribution in [0, 0.1) is 0 Å². The van der Waals surface area contributed by atoms with Gasteiger partial charge in [-0.3, -0.25) is 4.79 Å². The second kappa shape index (κ2) is 3.44. The molecule has 15 heavy (non-hydrogen) atoms. The number of nitrogens with one attached hydrogen (secondary N) is 1. The standard InChI is InChI=1S/C9H14N4OS/c1-9(2,7(10)14)12-8-11-6(13-15-8)5-3-4-5/h5H,3-4H2,1-2H3,(H2,10,14)(H,11,12,13). The predicted octanol–water partition coefficient (Wildman–Crippen LogP) is 1.09. The van der Waals surface area contributed by atoms with Gasteiger partial charge < -0.3 is 11.1 Å². The maximum Gasteiger partial charge on any atom is 0.242 e. The molecule has 0 radical (unpaired) electrons. The molecule has 0 unspecified atom stereocenters. The molecule has 82 valence electrons. The van der Waals surface area contributed by atoms with Crippen LogP contribution in [0.25, 0.3) is 0 Å². The minimum Gasteiger partial charge on any atom is -0.368 e. The average Bonchev–Trinajstić information content (AvgIpc) is 2.88. The quantitative estimate of drug-likeness (QED) is 0.805. The van der Waals surface area contributed by atoms with E-state index in [2.05, 4.69) is 14.7 Å². The van der Waals surface area contributed by atoms with Gasteiger partial charge in [-0.15, -0.1) is 0 Å². The van der Waals surface area contributed by atoms with Crippen molar-refractivity contribution in [2.45, 2.75) is 38.1 Å². The van der Waals surface area contributed by atoms with Gasteiger partial charge in [-0.05, 0) is 26.7 Å². The minimum absolute atomic E-state index is 0.398. The van der Waals surface area contributed by atoms with E-state index >= 15 is 0 Å². The van der Waals surface area contributed by atoms with Gasteiger partial charge in [0.1, 0.15) is 11.4 Å². The molecule has 1 aliphatic rings. The molecule has 0 aliphatic heterocycles. The first-order valence-electron chi connectivity index (χ1n) is 4.91. The predicted molar refractivity (Wildman–Crippen MR) is 58.8 cm³/mol. The Morgan fingerprint density at radius 2 is 2.27 bits per heavy atom. The maximum absolute atomic E-state index is 11.1. The van der Waals surface area contributed by atoms with Gasteiger partial charge in [-0.1, -0.05) is 0 Å². The highest BCUT2D eigenvalue weighted by molar-refractivity contribution is 7.09. The van der Waals surface area contributed by atoms with Gasteiger partial charge >= 0.3 is 0 Å². The van der Waals surface area contributed by atoms with Crippen LogP contribution in [-0.4, -0.2) is 20.8 Å². The molecule has 1 aromatic rings. The van der Waals surface area contributed by atoms with Crippen molar-refractivity contribution in [3.8, 4) is 0 Å². The number of carbonyl (C=O) groups is 1. The second-order valence-electron chi connectivity index (χ2n) is 4.35. The first-order chi connectivity index (χ1) is 6.99. The number of nitrogens with two attached hydrogens (primary N) is 1. The maximum atomic E-state index is 11.1. The number of rotatable bonds is 4.